The summed E-state index contributed by atoms with van der Waals surface area (Å²) < 4.78 is 6.46. The molecule has 1 aromatic rings. The predicted octanol–water partition coefficient (Wildman–Crippen LogP) is 3.49. The van der Waals surface area contributed by atoms with E-state index in [1.165, 1.54) is 24.8 Å². The molecule has 0 aromatic heterocycles. The van der Waals surface area contributed by atoms with Gasteiger partial charge in [0.25, 0.3) is 0 Å². The van der Waals surface area contributed by atoms with Crippen molar-refractivity contribution < 1.29 is 4.74 Å². The molecule has 0 saturated heterocycles. The average molecular weight is 284 g/mol. The minimum atomic E-state index is 0.341. The number of halogens is 1. The van der Waals surface area contributed by atoms with Gasteiger partial charge in [0, 0.05) is 22.1 Å². The molecule has 0 atom stereocenters. The number of methoxy groups -OCH3 is 1. The van der Waals surface area contributed by atoms with Crippen molar-refractivity contribution in [3.63, 3.8) is 0 Å². The van der Waals surface area contributed by atoms with Crippen LogP contribution in [-0.2, 0) is 6.54 Å². The molecule has 16 heavy (non-hydrogen) atoms. The maximum atomic E-state index is 5.36. The normalized spacial score (nSPS) is 17.9. The Morgan fingerprint density at radius 2 is 2.19 bits per heavy atom. The van der Waals surface area contributed by atoms with Crippen molar-refractivity contribution in [3.05, 3.63) is 28.2 Å². The van der Waals surface area contributed by atoms with Gasteiger partial charge < -0.3 is 10.1 Å². The molecular formula is C13H18BrNO. The van der Waals surface area contributed by atoms with Crippen molar-refractivity contribution in [2.45, 2.75) is 38.3 Å². The second-order valence-electron chi connectivity index (χ2n) is 4.72. The molecule has 1 aliphatic rings. The summed E-state index contributed by atoms with van der Waals surface area (Å²) in [5.41, 5.74) is 1.55. The van der Waals surface area contributed by atoms with Gasteiger partial charge >= 0.3 is 0 Å². The summed E-state index contributed by atoms with van der Waals surface area (Å²) in [6.07, 6.45) is 3.91. The molecule has 0 radical (unpaired) electrons. The Labute approximate surface area is 106 Å². The number of nitrogens with one attached hydrogen (secondary N) is 1. The fourth-order valence-electron chi connectivity index (χ4n) is 2.08. The van der Waals surface area contributed by atoms with Crippen molar-refractivity contribution in [2.24, 2.45) is 0 Å². The zero-order chi connectivity index (χ0) is 11.6. The van der Waals surface area contributed by atoms with E-state index in [2.05, 4.69) is 34.2 Å². The predicted molar refractivity (Wildman–Crippen MR) is 69.8 cm³/mol. The van der Waals surface area contributed by atoms with E-state index in [4.69, 9.17) is 4.74 Å². The topological polar surface area (TPSA) is 21.3 Å². The molecule has 0 spiro atoms. The average Bonchev–Trinajstić information content (AvgIpc) is 2.24. The first-order valence-electron chi connectivity index (χ1n) is 5.70. The maximum Gasteiger partial charge on any atom is 0.123 e. The molecule has 0 bridgehead atoms. The van der Waals surface area contributed by atoms with Crippen LogP contribution < -0.4 is 10.1 Å². The number of hydrogen-bond donors (Lipinski definition) is 1. The fraction of sp³-hybridized carbons (Fsp3) is 0.538. The van der Waals surface area contributed by atoms with Crippen molar-refractivity contribution in [1.29, 1.82) is 0 Å². The van der Waals surface area contributed by atoms with Gasteiger partial charge in [0.2, 0.25) is 0 Å². The molecule has 0 heterocycles. The molecule has 1 aliphatic carbocycles. The van der Waals surface area contributed by atoms with Gasteiger partial charge in [-0.25, -0.2) is 0 Å². The van der Waals surface area contributed by atoms with Crippen LogP contribution in [0.3, 0.4) is 0 Å². The van der Waals surface area contributed by atoms with E-state index in [1.54, 1.807) is 7.11 Å². The molecule has 0 unspecified atom stereocenters. The Morgan fingerprint density at radius 1 is 1.44 bits per heavy atom. The van der Waals surface area contributed by atoms with Crippen LogP contribution in [0.25, 0.3) is 0 Å². The summed E-state index contributed by atoms with van der Waals surface area (Å²) >= 11 is 3.49. The largest absolute Gasteiger partial charge is 0.496 e. The smallest absolute Gasteiger partial charge is 0.123 e. The Balaban J connectivity index is 2.04. The highest BCUT2D eigenvalue weighted by atomic mass is 79.9. The lowest BCUT2D eigenvalue weighted by molar-refractivity contribution is 0.206. The van der Waals surface area contributed by atoms with Crippen LogP contribution >= 0.6 is 15.9 Å². The van der Waals surface area contributed by atoms with Crippen molar-refractivity contribution in [3.8, 4) is 5.75 Å². The molecule has 3 heteroatoms. The van der Waals surface area contributed by atoms with Gasteiger partial charge in [-0.15, -0.1) is 0 Å². The zero-order valence-corrected chi connectivity index (χ0v) is 11.4. The molecule has 1 saturated carbocycles. The van der Waals surface area contributed by atoms with Crippen LogP contribution in [0.2, 0.25) is 0 Å². The van der Waals surface area contributed by atoms with Gasteiger partial charge in [0.15, 0.2) is 0 Å². The van der Waals surface area contributed by atoms with E-state index < -0.39 is 0 Å². The number of rotatable bonds is 4. The Hall–Kier alpha value is -0.540. The van der Waals surface area contributed by atoms with Crippen LogP contribution in [0.5, 0.6) is 5.75 Å². The van der Waals surface area contributed by atoms with E-state index in [0.29, 0.717) is 5.54 Å². The van der Waals surface area contributed by atoms with E-state index in [9.17, 15) is 0 Å². The first-order valence-corrected chi connectivity index (χ1v) is 6.50. The van der Waals surface area contributed by atoms with Crippen LogP contribution in [0.1, 0.15) is 31.7 Å². The molecule has 88 valence electrons. The fourth-order valence-corrected chi connectivity index (χ4v) is 2.49. The first kappa shape index (κ1) is 11.9. The molecule has 2 nitrogen and oxygen atoms in total. The van der Waals surface area contributed by atoms with Crippen molar-refractivity contribution in [1.82, 2.24) is 5.32 Å². The third-order valence-electron chi connectivity index (χ3n) is 3.41. The van der Waals surface area contributed by atoms with Gasteiger partial charge in [-0.1, -0.05) is 15.9 Å². The highest BCUT2D eigenvalue weighted by Gasteiger charge is 2.30. The van der Waals surface area contributed by atoms with Gasteiger partial charge in [-0.05, 0) is 44.4 Å². The number of hydrogen-bond acceptors (Lipinski definition) is 2. The van der Waals surface area contributed by atoms with Crippen LogP contribution in [0, 0.1) is 0 Å². The van der Waals surface area contributed by atoms with Gasteiger partial charge in [0.1, 0.15) is 5.75 Å². The van der Waals surface area contributed by atoms with Crippen LogP contribution in [0.4, 0.5) is 0 Å². The van der Waals surface area contributed by atoms with Gasteiger partial charge in [-0.2, -0.15) is 0 Å². The molecule has 2 rings (SSSR count). The first-order chi connectivity index (χ1) is 7.63. The minimum absolute atomic E-state index is 0.341. The molecule has 0 aliphatic heterocycles. The molecule has 0 amide bonds. The van der Waals surface area contributed by atoms with E-state index >= 15 is 0 Å². The quantitative estimate of drug-likeness (QED) is 0.913. The van der Waals surface area contributed by atoms with Gasteiger partial charge in [0.05, 0.1) is 7.11 Å². The van der Waals surface area contributed by atoms with Gasteiger partial charge in [-0.3, -0.25) is 0 Å². The minimum Gasteiger partial charge on any atom is -0.496 e. The summed E-state index contributed by atoms with van der Waals surface area (Å²) in [5, 5.41) is 3.61. The molecular weight excluding hydrogens is 266 g/mol. The summed E-state index contributed by atoms with van der Waals surface area (Å²) in [6, 6.07) is 6.13. The van der Waals surface area contributed by atoms with Crippen LogP contribution in [-0.4, -0.2) is 12.6 Å². The monoisotopic (exact) mass is 283 g/mol. The van der Waals surface area contributed by atoms with E-state index in [1.807, 2.05) is 12.1 Å². The summed E-state index contributed by atoms with van der Waals surface area (Å²) in [4.78, 5) is 0. The second kappa shape index (κ2) is 4.76. The summed E-state index contributed by atoms with van der Waals surface area (Å²) in [7, 11) is 1.72. The summed E-state index contributed by atoms with van der Waals surface area (Å²) in [6.45, 7) is 3.17. The third-order valence-corrected chi connectivity index (χ3v) is 3.90. The summed E-state index contributed by atoms with van der Waals surface area (Å²) in [5.74, 6) is 0.957. The Kier molecular flexibility index (Phi) is 3.55. The standard InChI is InChI=1S/C13H18BrNO/c1-13(6-3-7-13)15-9-10-8-11(14)4-5-12(10)16-2/h4-5,8,15H,3,6-7,9H2,1-2H3. The molecule has 1 aromatic carbocycles. The SMILES string of the molecule is COc1ccc(Br)cc1CNC1(C)CCC1. The molecule has 1 fully saturated rings. The second-order valence-corrected chi connectivity index (χ2v) is 5.64. The number of ether oxygens (including phenoxy) is 1. The van der Waals surface area contributed by atoms with Crippen LogP contribution in [0.15, 0.2) is 22.7 Å². The Morgan fingerprint density at radius 3 is 2.75 bits per heavy atom. The highest BCUT2D eigenvalue weighted by Crippen LogP contribution is 2.32. The molecule has 1 N–H and O–H groups in total. The lowest BCUT2D eigenvalue weighted by Crippen LogP contribution is -2.47. The number of benzene rings is 1. The maximum absolute atomic E-state index is 5.36. The van der Waals surface area contributed by atoms with E-state index in [-0.39, 0.29) is 0 Å². The zero-order valence-electron chi connectivity index (χ0n) is 9.85. The lowest BCUT2D eigenvalue weighted by Gasteiger charge is -2.39. The highest BCUT2D eigenvalue weighted by molar-refractivity contribution is 9.10. The third kappa shape index (κ3) is 2.58. The van der Waals surface area contributed by atoms with Crippen molar-refractivity contribution >= 4 is 15.9 Å². The Bertz CT molecular complexity index is 374. The van der Waals surface area contributed by atoms with E-state index in [0.717, 1.165) is 16.8 Å². The lowest BCUT2D eigenvalue weighted by atomic mass is 9.78. The van der Waals surface area contributed by atoms with Crippen molar-refractivity contribution in [2.75, 3.05) is 7.11 Å².